The fraction of sp³-hybridized carbons (Fsp3) is 0.400. The lowest BCUT2D eigenvalue weighted by Gasteiger charge is -2.20. The van der Waals surface area contributed by atoms with E-state index in [1.807, 2.05) is 38.1 Å². The number of benzene rings is 1. The van der Waals surface area contributed by atoms with Crippen molar-refractivity contribution in [1.82, 2.24) is 9.88 Å². The van der Waals surface area contributed by atoms with Gasteiger partial charge in [-0.15, -0.1) is 0 Å². The first-order valence-corrected chi connectivity index (χ1v) is 8.51. The van der Waals surface area contributed by atoms with Crippen molar-refractivity contribution >= 4 is 11.9 Å². The number of carboxylic acids is 1. The number of aromatic nitrogens is 1. The molecule has 1 amide bonds. The number of amides is 1. The number of aliphatic carboxylic acids is 1. The van der Waals surface area contributed by atoms with Crippen molar-refractivity contribution in [2.24, 2.45) is 5.92 Å². The highest BCUT2D eigenvalue weighted by Crippen LogP contribution is 2.25. The van der Waals surface area contributed by atoms with Gasteiger partial charge in [0.15, 0.2) is 0 Å². The van der Waals surface area contributed by atoms with Gasteiger partial charge in [0, 0.05) is 17.4 Å². The number of carboxylic acid groups (broad SMARTS) is 1. The Kier molecular flexibility index (Phi) is 5.67. The third-order valence-corrected chi connectivity index (χ3v) is 4.90. The third-order valence-electron chi connectivity index (χ3n) is 4.90. The second-order valence-corrected chi connectivity index (χ2v) is 6.63. The van der Waals surface area contributed by atoms with Crippen LogP contribution in [0.2, 0.25) is 0 Å². The first kappa shape index (κ1) is 18.8. The monoisotopic (exact) mass is 342 g/mol. The van der Waals surface area contributed by atoms with Crippen LogP contribution in [0.25, 0.3) is 0 Å². The summed E-state index contributed by atoms with van der Waals surface area (Å²) in [6.45, 7) is 9.31. The first-order chi connectivity index (χ1) is 11.7. The van der Waals surface area contributed by atoms with Gasteiger partial charge in [-0.05, 0) is 46.2 Å². The van der Waals surface area contributed by atoms with Crippen LogP contribution in [0.5, 0.6) is 0 Å². The Hall–Kier alpha value is -2.56. The van der Waals surface area contributed by atoms with Gasteiger partial charge in [0.1, 0.15) is 0 Å². The van der Waals surface area contributed by atoms with Gasteiger partial charge in [-0.1, -0.05) is 30.3 Å². The predicted molar refractivity (Wildman–Crippen MR) is 97.9 cm³/mol. The van der Waals surface area contributed by atoms with Crippen molar-refractivity contribution in [3.63, 3.8) is 0 Å². The Labute approximate surface area is 148 Å². The Morgan fingerprint density at radius 1 is 1.08 bits per heavy atom. The van der Waals surface area contributed by atoms with Crippen LogP contribution in [0.1, 0.15) is 54.1 Å². The molecule has 0 saturated heterocycles. The molecule has 2 N–H and O–H groups in total. The minimum Gasteiger partial charge on any atom is -0.481 e. The number of hydrogen-bond donors (Lipinski definition) is 2. The summed E-state index contributed by atoms with van der Waals surface area (Å²) in [6, 6.07) is 11.7. The molecule has 0 saturated carbocycles. The van der Waals surface area contributed by atoms with Gasteiger partial charge in [0.2, 0.25) is 0 Å². The standard InChI is InChI=1S/C20H26N2O3/c1-12-11-18(19(23)21-14(3)13(2)20(24)25)16(5)22(12)15(4)17-9-7-6-8-10-17/h6-11,13-15H,1-5H3,(H,21,23)(H,24,25). The van der Waals surface area contributed by atoms with Crippen LogP contribution in [0.4, 0.5) is 0 Å². The van der Waals surface area contributed by atoms with E-state index in [1.165, 1.54) is 5.56 Å². The molecule has 0 aliphatic heterocycles. The van der Waals surface area contributed by atoms with Crippen molar-refractivity contribution < 1.29 is 14.7 Å². The summed E-state index contributed by atoms with van der Waals surface area (Å²) in [5.41, 5.74) is 3.63. The van der Waals surface area contributed by atoms with Gasteiger partial charge < -0.3 is 15.0 Å². The molecule has 1 heterocycles. The van der Waals surface area contributed by atoms with Gasteiger partial charge in [0.25, 0.3) is 5.91 Å². The summed E-state index contributed by atoms with van der Waals surface area (Å²) in [6.07, 6.45) is 0. The Morgan fingerprint density at radius 3 is 2.24 bits per heavy atom. The fourth-order valence-electron chi connectivity index (χ4n) is 3.11. The summed E-state index contributed by atoms with van der Waals surface area (Å²) in [4.78, 5) is 23.7. The largest absolute Gasteiger partial charge is 0.481 e. The topological polar surface area (TPSA) is 71.3 Å². The maximum Gasteiger partial charge on any atom is 0.308 e. The molecule has 2 rings (SSSR count). The van der Waals surface area contributed by atoms with E-state index >= 15 is 0 Å². The van der Waals surface area contributed by atoms with Gasteiger partial charge in [-0.25, -0.2) is 0 Å². The van der Waals surface area contributed by atoms with Gasteiger partial charge in [-0.3, -0.25) is 9.59 Å². The van der Waals surface area contributed by atoms with Crippen LogP contribution in [0, 0.1) is 19.8 Å². The van der Waals surface area contributed by atoms with E-state index in [0.29, 0.717) is 5.56 Å². The summed E-state index contributed by atoms with van der Waals surface area (Å²) in [5.74, 6) is -1.80. The molecule has 0 aliphatic rings. The van der Waals surface area contributed by atoms with Crippen LogP contribution in [-0.4, -0.2) is 27.6 Å². The molecule has 2 aromatic rings. The number of nitrogens with zero attached hydrogens (tertiary/aromatic N) is 1. The fourth-order valence-corrected chi connectivity index (χ4v) is 3.11. The summed E-state index contributed by atoms with van der Waals surface area (Å²) in [7, 11) is 0. The average molecular weight is 342 g/mol. The average Bonchev–Trinajstić information content (AvgIpc) is 2.88. The van der Waals surface area contributed by atoms with Crippen LogP contribution >= 0.6 is 0 Å². The first-order valence-electron chi connectivity index (χ1n) is 8.51. The highest BCUT2D eigenvalue weighted by molar-refractivity contribution is 5.96. The van der Waals surface area contributed by atoms with E-state index in [2.05, 4.69) is 28.9 Å². The summed E-state index contributed by atoms with van der Waals surface area (Å²) >= 11 is 0. The molecule has 0 aliphatic carbocycles. The molecule has 0 fully saturated rings. The lowest BCUT2D eigenvalue weighted by Crippen LogP contribution is -2.40. The predicted octanol–water partition coefficient (Wildman–Crippen LogP) is 3.55. The van der Waals surface area contributed by atoms with Gasteiger partial charge in [-0.2, -0.15) is 0 Å². The second-order valence-electron chi connectivity index (χ2n) is 6.63. The maximum atomic E-state index is 12.6. The van der Waals surface area contributed by atoms with Crippen LogP contribution in [0.15, 0.2) is 36.4 Å². The number of hydrogen-bond acceptors (Lipinski definition) is 2. The van der Waals surface area contributed by atoms with E-state index < -0.39 is 17.9 Å². The van der Waals surface area contributed by atoms with E-state index in [1.54, 1.807) is 13.8 Å². The van der Waals surface area contributed by atoms with E-state index in [4.69, 9.17) is 5.11 Å². The maximum absolute atomic E-state index is 12.6. The number of aryl methyl sites for hydroxylation is 1. The quantitative estimate of drug-likeness (QED) is 0.843. The molecular weight excluding hydrogens is 316 g/mol. The second kappa shape index (κ2) is 7.55. The molecule has 0 spiro atoms. The van der Waals surface area contributed by atoms with Crippen LogP contribution in [-0.2, 0) is 4.79 Å². The molecule has 25 heavy (non-hydrogen) atoms. The molecule has 1 aromatic heterocycles. The molecule has 5 heteroatoms. The summed E-state index contributed by atoms with van der Waals surface area (Å²) in [5, 5.41) is 11.9. The molecule has 3 atom stereocenters. The van der Waals surface area contributed by atoms with E-state index in [9.17, 15) is 9.59 Å². The zero-order valence-corrected chi connectivity index (χ0v) is 15.4. The van der Waals surface area contributed by atoms with Crippen molar-refractivity contribution in [2.45, 2.75) is 46.7 Å². The van der Waals surface area contributed by atoms with Crippen LogP contribution < -0.4 is 5.32 Å². The molecule has 5 nitrogen and oxygen atoms in total. The third kappa shape index (κ3) is 3.92. The lowest BCUT2D eigenvalue weighted by molar-refractivity contribution is -0.141. The highest BCUT2D eigenvalue weighted by atomic mass is 16.4. The SMILES string of the molecule is Cc1cc(C(=O)NC(C)C(C)C(=O)O)c(C)n1C(C)c1ccccc1. The van der Waals surface area contributed by atoms with Crippen molar-refractivity contribution in [3.05, 3.63) is 58.9 Å². The minimum atomic E-state index is -0.920. The number of carbonyl (C=O) groups is 2. The van der Waals surface area contributed by atoms with Crippen molar-refractivity contribution in [3.8, 4) is 0 Å². The Bertz CT molecular complexity index is 765. The highest BCUT2D eigenvalue weighted by Gasteiger charge is 2.24. The number of nitrogens with one attached hydrogen (secondary N) is 1. The lowest BCUT2D eigenvalue weighted by atomic mass is 10.0. The molecule has 3 unspecified atom stereocenters. The molecule has 1 aromatic carbocycles. The van der Waals surface area contributed by atoms with Crippen LogP contribution in [0.3, 0.4) is 0 Å². The number of carbonyl (C=O) groups excluding carboxylic acids is 1. The Morgan fingerprint density at radius 2 is 1.68 bits per heavy atom. The molecule has 0 bridgehead atoms. The normalized spacial score (nSPS) is 14.6. The van der Waals surface area contributed by atoms with Gasteiger partial charge in [0.05, 0.1) is 17.5 Å². The molecule has 0 radical (unpaired) electrons. The zero-order chi connectivity index (χ0) is 18.7. The van der Waals surface area contributed by atoms with Crippen molar-refractivity contribution in [1.29, 1.82) is 0 Å². The van der Waals surface area contributed by atoms with E-state index in [-0.39, 0.29) is 11.9 Å². The summed E-state index contributed by atoms with van der Waals surface area (Å²) < 4.78 is 2.13. The minimum absolute atomic E-state index is 0.109. The van der Waals surface area contributed by atoms with Gasteiger partial charge >= 0.3 is 5.97 Å². The molecule has 134 valence electrons. The smallest absolute Gasteiger partial charge is 0.308 e. The zero-order valence-electron chi connectivity index (χ0n) is 15.4. The van der Waals surface area contributed by atoms with Crippen molar-refractivity contribution in [2.75, 3.05) is 0 Å². The number of rotatable bonds is 6. The van der Waals surface area contributed by atoms with E-state index in [0.717, 1.165) is 11.4 Å². The molecular formula is C20H26N2O3. The Balaban J connectivity index is 2.27.